The maximum atomic E-state index is 11.8. The summed E-state index contributed by atoms with van der Waals surface area (Å²) in [6, 6.07) is 3.02. The van der Waals surface area contributed by atoms with Crippen LogP contribution in [0.5, 0.6) is 0 Å². The van der Waals surface area contributed by atoms with Crippen molar-refractivity contribution in [3.63, 3.8) is 0 Å². The number of nitrogens with one attached hydrogen (secondary N) is 1. The molecule has 1 unspecified atom stereocenters. The third kappa shape index (κ3) is 4.43. The van der Waals surface area contributed by atoms with Gasteiger partial charge in [-0.1, -0.05) is 12.2 Å². The standard InChI is InChI=1S/C8H12N2O3S4/c1-16(11)5-4-10-17(12,13)7-3-2-6(15-7)8(9)14/h2-3,10H,4-5H2,1H3,(H2,9,14). The lowest BCUT2D eigenvalue weighted by atomic mass is 10.5. The van der Waals surface area contributed by atoms with Gasteiger partial charge in [-0.05, 0) is 12.1 Å². The maximum absolute atomic E-state index is 11.8. The van der Waals surface area contributed by atoms with Crippen LogP contribution in [-0.4, -0.2) is 36.2 Å². The lowest BCUT2D eigenvalue weighted by molar-refractivity contribution is 0.586. The molecule has 0 fully saturated rings. The first-order chi connectivity index (χ1) is 7.83. The number of thiocarbonyl (C=S) groups is 1. The van der Waals surface area contributed by atoms with Crippen LogP contribution in [0.15, 0.2) is 16.3 Å². The minimum absolute atomic E-state index is 0.145. The first-order valence-electron chi connectivity index (χ1n) is 4.52. The van der Waals surface area contributed by atoms with Gasteiger partial charge in [0.25, 0.3) is 0 Å². The van der Waals surface area contributed by atoms with Gasteiger partial charge in [0.05, 0.1) is 4.88 Å². The molecule has 0 radical (unpaired) electrons. The van der Waals surface area contributed by atoms with E-state index < -0.39 is 20.8 Å². The number of sulfonamides is 1. The molecule has 0 spiro atoms. The van der Waals surface area contributed by atoms with Crippen LogP contribution in [0.1, 0.15) is 4.88 Å². The molecule has 1 heterocycles. The Morgan fingerprint density at radius 2 is 2.24 bits per heavy atom. The second-order valence-corrected chi connectivity index (χ2v) is 8.23. The van der Waals surface area contributed by atoms with Gasteiger partial charge in [-0.25, -0.2) is 13.1 Å². The molecule has 0 saturated carbocycles. The van der Waals surface area contributed by atoms with Gasteiger partial charge in [0.1, 0.15) is 9.20 Å². The summed E-state index contributed by atoms with van der Waals surface area (Å²) < 4.78 is 36.9. The van der Waals surface area contributed by atoms with E-state index >= 15 is 0 Å². The minimum Gasteiger partial charge on any atom is -0.389 e. The van der Waals surface area contributed by atoms with Crippen molar-refractivity contribution >= 4 is 49.4 Å². The predicted molar refractivity (Wildman–Crippen MR) is 74.3 cm³/mol. The lowest BCUT2D eigenvalue weighted by Crippen LogP contribution is -2.27. The van der Waals surface area contributed by atoms with Crippen molar-refractivity contribution in [1.29, 1.82) is 0 Å². The van der Waals surface area contributed by atoms with E-state index in [4.69, 9.17) is 18.0 Å². The van der Waals surface area contributed by atoms with Crippen molar-refractivity contribution in [1.82, 2.24) is 4.72 Å². The molecule has 0 aromatic carbocycles. The fraction of sp³-hybridized carbons (Fsp3) is 0.375. The normalized spacial score (nSPS) is 13.5. The van der Waals surface area contributed by atoms with Gasteiger partial charge >= 0.3 is 0 Å². The van der Waals surface area contributed by atoms with Crippen molar-refractivity contribution in [2.24, 2.45) is 5.73 Å². The summed E-state index contributed by atoms with van der Waals surface area (Å²) in [5.41, 5.74) is 5.40. The quantitative estimate of drug-likeness (QED) is 0.724. The highest BCUT2D eigenvalue weighted by atomic mass is 32.2. The summed E-state index contributed by atoms with van der Waals surface area (Å²) in [6.45, 7) is 0.145. The minimum atomic E-state index is -3.55. The molecular formula is C8H12N2O3S4. The monoisotopic (exact) mass is 312 g/mol. The number of nitrogens with two attached hydrogens (primary N) is 1. The van der Waals surface area contributed by atoms with Crippen molar-refractivity contribution < 1.29 is 12.6 Å². The molecule has 0 bridgehead atoms. The Morgan fingerprint density at radius 1 is 1.59 bits per heavy atom. The van der Waals surface area contributed by atoms with Gasteiger partial charge in [-0.2, -0.15) is 0 Å². The van der Waals surface area contributed by atoms with Crippen LogP contribution >= 0.6 is 23.6 Å². The van der Waals surface area contributed by atoms with E-state index in [1.807, 2.05) is 0 Å². The van der Waals surface area contributed by atoms with Gasteiger partial charge in [0, 0.05) is 29.4 Å². The molecule has 0 aliphatic rings. The number of hydrogen-bond acceptors (Lipinski definition) is 5. The molecule has 1 atom stereocenters. The van der Waals surface area contributed by atoms with Crippen LogP contribution in [0.2, 0.25) is 0 Å². The molecule has 1 aromatic heterocycles. The highest BCUT2D eigenvalue weighted by molar-refractivity contribution is 7.91. The Morgan fingerprint density at radius 3 is 2.71 bits per heavy atom. The molecular weight excluding hydrogens is 300 g/mol. The topological polar surface area (TPSA) is 89.3 Å². The molecule has 5 nitrogen and oxygen atoms in total. The van der Waals surface area contributed by atoms with Crippen molar-refractivity contribution in [3.8, 4) is 0 Å². The number of hydrogen-bond donors (Lipinski definition) is 2. The zero-order chi connectivity index (χ0) is 13.1. The summed E-state index contributed by atoms with van der Waals surface area (Å²) in [7, 11) is -4.57. The lowest BCUT2D eigenvalue weighted by Gasteiger charge is -2.02. The molecule has 0 aliphatic heterocycles. The zero-order valence-corrected chi connectivity index (χ0v) is 12.3. The number of thiophene rings is 1. The Labute approximate surface area is 112 Å². The van der Waals surface area contributed by atoms with E-state index in [9.17, 15) is 12.6 Å². The molecule has 0 aliphatic carbocycles. The van der Waals surface area contributed by atoms with E-state index in [0.29, 0.717) is 4.88 Å². The van der Waals surface area contributed by atoms with Gasteiger partial charge in [0.15, 0.2) is 0 Å². The zero-order valence-electron chi connectivity index (χ0n) is 9.00. The average molecular weight is 312 g/mol. The average Bonchev–Trinajstić information content (AvgIpc) is 2.65. The second kappa shape index (κ2) is 6.01. The van der Waals surface area contributed by atoms with E-state index in [-0.39, 0.29) is 21.5 Å². The molecule has 3 N–H and O–H groups in total. The highest BCUT2D eigenvalue weighted by Gasteiger charge is 2.16. The third-order valence-corrected chi connectivity index (χ3v) is 5.97. The third-order valence-electron chi connectivity index (χ3n) is 1.77. The summed E-state index contributed by atoms with van der Waals surface area (Å²) in [6.07, 6.45) is 1.52. The Balaban J connectivity index is 2.75. The molecule has 9 heteroatoms. The van der Waals surface area contributed by atoms with Crippen LogP contribution in [0, 0.1) is 0 Å². The first kappa shape index (κ1) is 14.7. The van der Waals surface area contributed by atoms with Crippen LogP contribution in [-0.2, 0) is 20.8 Å². The smallest absolute Gasteiger partial charge is 0.250 e. The second-order valence-electron chi connectivity index (χ2n) is 3.16. The van der Waals surface area contributed by atoms with E-state index in [1.54, 1.807) is 6.07 Å². The molecule has 17 heavy (non-hydrogen) atoms. The molecule has 1 rings (SSSR count). The Bertz CT molecular complexity index is 535. The maximum Gasteiger partial charge on any atom is 0.250 e. The fourth-order valence-corrected chi connectivity index (χ4v) is 3.93. The SMILES string of the molecule is CS(=O)CCNS(=O)(=O)c1ccc(C(N)=S)s1. The molecule has 1 aromatic rings. The van der Waals surface area contributed by atoms with Crippen molar-refractivity contribution in [2.45, 2.75) is 4.21 Å². The number of rotatable bonds is 6. The van der Waals surface area contributed by atoms with Gasteiger partial charge < -0.3 is 5.73 Å². The largest absolute Gasteiger partial charge is 0.389 e. The van der Waals surface area contributed by atoms with Crippen LogP contribution in [0.4, 0.5) is 0 Å². The summed E-state index contributed by atoms with van der Waals surface area (Å²) in [4.78, 5) is 0.727. The van der Waals surface area contributed by atoms with Crippen molar-refractivity contribution in [2.75, 3.05) is 18.6 Å². The highest BCUT2D eigenvalue weighted by Crippen LogP contribution is 2.21. The van der Waals surface area contributed by atoms with E-state index in [0.717, 1.165) is 11.3 Å². The summed E-state index contributed by atoms with van der Waals surface area (Å²) in [5, 5.41) is 0. The first-order valence-corrected chi connectivity index (χ1v) is 8.96. The Hall–Kier alpha value is -0.350. The van der Waals surface area contributed by atoms with Crippen LogP contribution in [0.3, 0.4) is 0 Å². The van der Waals surface area contributed by atoms with E-state index in [2.05, 4.69) is 4.72 Å². The van der Waals surface area contributed by atoms with Gasteiger partial charge in [0.2, 0.25) is 10.0 Å². The van der Waals surface area contributed by atoms with Crippen LogP contribution in [0.25, 0.3) is 0 Å². The van der Waals surface area contributed by atoms with Gasteiger partial charge in [-0.3, -0.25) is 4.21 Å². The summed E-state index contributed by atoms with van der Waals surface area (Å²) >= 11 is 5.77. The van der Waals surface area contributed by atoms with Gasteiger partial charge in [-0.15, -0.1) is 11.3 Å². The fourth-order valence-electron chi connectivity index (χ4n) is 0.988. The predicted octanol–water partition coefficient (Wildman–Crippen LogP) is 0.0391. The summed E-state index contributed by atoms with van der Waals surface area (Å²) in [5.74, 6) is 0.284. The van der Waals surface area contributed by atoms with E-state index in [1.165, 1.54) is 12.3 Å². The van der Waals surface area contributed by atoms with Crippen molar-refractivity contribution in [3.05, 3.63) is 17.0 Å². The molecule has 0 saturated heterocycles. The molecule has 96 valence electrons. The Kier molecular flexibility index (Phi) is 5.20. The van der Waals surface area contributed by atoms with Crippen LogP contribution < -0.4 is 10.5 Å². The molecule has 0 amide bonds.